The molecular formula is C13H18O6. The SMILES string of the molecule is OC[C@H]1O[C@H](O)[C@](O)(Cc2ccccc2)[C@@H](O)[C@H]1O. The lowest BCUT2D eigenvalue weighted by molar-refractivity contribution is -0.328. The highest BCUT2D eigenvalue weighted by molar-refractivity contribution is 5.19. The second kappa shape index (κ2) is 5.54. The van der Waals surface area contributed by atoms with E-state index in [9.17, 15) is 20.4 Å². The van der Waals surface area contributed by atoms with Gasteiger partial charge in [0, 0.05) is 6.42 Å². The quantitative estimate of drug-likeness (QED) is 0.452. The number of aliphatic hydroxyl groups excluding tert-OH is 4. The van der Waals surface area contributed by atoms with Crippen LogP contribution in [0.4, 0.5) is 0 Å². The summed E-state index contributed by atoms with van der Waals surface area (Å²) in [5.41, 5.74) is -1.34. The first-order chi connectivity index (χ1) is 8.99. The number of aliphatic hydroxyl groups is 5. The Kier molecular flexibility index (Phi) is 4.19. The summed E-state index contributed by atoms with van der Waals surface area (Å²) in [6.45, 7) is -0.559. The molecule has 0 bridgehead atoms. The van der Waals surface area contributed by atoms with Gasteiger partial charge in [0.1, 0.15) is 23.9 Å². The molecule has 2 rings (SSSR count). The Morgan fingerprint density at radius 3 is 2.32 bits per heavy atom. The lowest BCUT2D eigenvalue weighted by Crippen LogP contribution is -2.67. The van der Waals surface area contributed by atoms with Gasteiger partial charge in [0.05, 0.1) is 6.61 Å². The second-order valence-corrected chi connectivity index (χ2v) is 4.80. The molecule has 0 radical (unpaired) electrons. The molecule has 1 saturated heterocycles. The van der Waals surface area contributed by atoms with Crippen molar-refractivity contribution in [3.05, 3.63) is 35.9 Å². The van der Waals surface area contributed by atoms with Crippen molar-refractivity contribution in [2.45, 2.75) is 36.6 Å². The van der Waals surface area contributed by atoms with Crippen LogP contribution in [0.1, 0.15) is 5.56 Å². The lowest BCUT2D eigenvalue weighted by Gasteiger charge is -2.46. The van der Waals surface area contributed by atoms with Crippen LogP contribution >= 0.6 is 0 Å². The molecule has 1 fully saturated rings. The van der Waals surface area contributed by atoms with Crippen LogP contribution in [0.2, 0.25) is 0 Å². The van der Waals surface area contributed by atoms with Gasteiger partial charge in [-0.2, -0.15) is 0 Å². The number of ether oxygens (including phenoxy) is 1. The van der Waals surface area contributed by atoms with Gasteiger partial charge in [-0.15, -0.1) is 0 Å². The average Bonchev–Trinajstić information content (AvgIpc) is 2.42. The van der Waals surface area contributed by atoms with Gasteiger partial charge in [-0.1, -0.05) is 30.3 Å². The molecule has 1 aromatic rings. The van der Waals surface area contributed by atoms with E-state index in [2.05, 4.69) is 0 Å². The first-order valence-electron chi connectivity index (χ1n) is 6.06. The third-order valence-electron chi connectivity index (χ3n) is 3.46. The fourth-order valence-electron chi connectivity index (χ4n) is 2.27. The molecular weight excluding hydrogens is 252 g/mol. The predicted octanol–water partition coefficient (Wildman–Crippen LogP) is -1.61. The Balaban J connectivity index is 2.21. The summed E-state index contributed by atoms with van der Waals surface area (Å²) in [6.07, 6.45) is -5.98. The van der Waals surface area contributed by atoms with E-state index in [1.165, 1.54) is 0 Å². The van der Waals surface area contributed by atoms with Gasteiger partial charge >= 0.3 is 0 Å². The molecule has 0 spiro atoms. The summed E-state index contributed by atoms with van der Waals surface area (Å²) in [5.74, 6) is 0. The van der Waals surface area contributed by atoms with Crippen molar-refractivity contribution in [2.24, 2.45) is 0 Å². The third-order valence-corrected chi connectivity index (χ3v) is 3.46. The van der Waals surface area contributed by atoms with Crippen molar-refractivity contribution in [3.63, 3.8) is 0 Å². The molecule has 5 N–H and O–H groups in total. The van der Waals surface area contributed by atoms with Crippen molar-refractivity contribution < 1.29 is 30.3 Å². The zero-order chi connectivity index (χ0) is 14.0. The van der Waals surface area contributed by atoms with Crippen molar-refractivity contribution in [1.29, 1.82) is 0 Å². The smallest absolute Gasteiger partial charge is 0.187 e. The van der Waals surface area contributed by atoms with Crippen LogP contribution in [0.25, 0.3) is 0 Å². The van der Waals surface area contributed by atoms with E-state index in [1.807, 2.05) is 0 Å². The average molecular weight is 270 g/mol. The Morgan fingerprint density at radius 1 is 1.11 bits per heavy atom. The molecule has 1 heterocycles. The molecule has 1 aromatic carbocycles. The van der Waals surface area contributed by atoms with Crippen molar-refractivity contribution in [2.75, 3.05) is 6.61 Å². The van der Waals surface area contributed by atoms with Crippen LogP contribution < -0.4 is 0 Å². The van der Waals surface area contributed by atoms with Crippen molar-refractivity contribution >= 4 is 0 Å². The largest absolute Gasteiger partial charge is 0.394 e. The highest BCUT2D eigenvalue weighted by Gasteiger charge is 2.53. The second-order valence-electron chi connectivity index (χ2n) is 4.80. The van der Waals surface area contributed by atoms with E-state index in [0.29, 0.717) is 5.56 Å². The standard InChI is InChI=1S/C13H18O6/c14-7-9-10(15)11(16)13(18,12(17)19-9)6-8-4-2-1-3-5-8/h1-5,9-12,14-18H,6-7H2/t9-,10+,11+,12+,13+/m1/s1. The zero-order valence-electron chi connectivity index (χ0n) is 10.3. The fourth-order valence-corrected chi connectivity index (χ4v) is 2.27. The van der Waals surface area contributed by atoms with E-state index >= 15 is 0 Å². The van der Waals surface area contributed by atoms with Gasteiger partial charge in [0.15, 0.2) is 6.29 Å². The fraction of sp³-hybridized carbons (Fsp3) is 0.538. The van der Waals surface area contributed by atoms with Crippen LogP contribution in [0, 0.1) is 0 Å². The first-order valence-corrected chi connectivity index (χ1v) is 6.06. The van der Waals surface area contributed by atoms with E-state index in [0.717, 1.165) is 0 Å². The van der Waals surface area contributed by atoms with Crippen LogP contribution in [0.5, 0.6) is 0 Å². The van der Waals surface area contributed by atoms with Crippen molar-refractivity contribution in [3.8, 4) is 0 Å². The molecule has 5 atom stereocenters. The van der Waals surface area contributed by atoms with Crippen LogP contribution in [-0.2, 0) is 11.2 Å². The third kappa shape index (κ3) is 2.64. The minimum absolute atomic E-state index is 0.0780. The normalized spacial score (nSPS) is 39.2. The van der Waals surface area contributed by atoms with Gasteiger partial charge in [0.25, 0.3) is 0 Å². The van der Waals surface area contributed by atoms with E-state index in [4.69, 9.17) is 9.84 Å². The van der Waals surface area contributed by atoms with Gasteiger partial charge in [-0.25, -0.2) is 0 Å². The Bertz CT molecular complexity index is 411. The summed E-state index contributed by atoms with van der Waals surface area (Å²) in [4.78, 5) is 0. The summed E-state index contributed by atoms with van der Waals surface area (Å²) in [5, 5.41) is 48.9. The molecule has 0 unspecified atom stereocenters. The summed E-state index contributed by atoms with van der Waals surface area (Å²) in [7, 11) is 0. The van der Waals surface area contributed by atoms with Gasteiger partial charge in [0.2, 0.25) is 0 Å². The van der Waals surface area contributed by atoms with Gasteiger partial charge in [-0.3, -0.25) is 0 Å². The maximum Gasteiger partial charge on any atom is 0.187 e. The molecule has 0 aliphatic carbocycles. The highest BCUT2D eigenvalue weighted by atomic mass is 16.6. The molecule has 0 amide bonds. The molecule has 19 heavy (non-hydrogen) atoms. The van der Waals surface area contributed by atoms with Crippen LogP contribution in [0.3, 0.4) is 0 Å². The summed E-state index contributed by atoms with van der Waals surface area (Å²) >= 11 is 0. The molecule has 106 valence electrons. The minimum atomic E-state index is -2.02. The predicted molar refractivity (Wildman–Crippen MR) is 65.1 cm³/mol. The maximum absolute atomic E-state index is 10.4. The van der Waals surface area contributed by atoms with Gasteiger partial charge < -0.3 is 30.3 Å². The number of hydrogen-bond donors (Lipinski definition) is 5. The summed E-state index contributed by atoms with van der Waals surface area (Å²) < 4.78 is 4.95. The number of hydrogen-bond acceptors (Lipinski definition) is 6. The van der Waals surface area contributed by atoms with E-state index < -0.39 is 36.8 Å². The van der Waals surface area contributed by atoms with Gasteiger partial charge in [-0.05, 0) is 5.56 Å². The maximum atomic E-state index is 10.4. The molecule has 1 aliphatic rings. The Hall–Kier alpha value is -1.02. The highest BCUT2D eigenvalue weighted by Crippen LogP contribution is 2.31. The monoisotopic (exact) mass is 270 g/mol. The molecule has 6 nitrogen and oxygen atoms in total. The molecule has 1 aliphatic heterocycles. The minimum Gasteiger partial charge on any atom is -0.394 e. The Labute approximate surface area is 110 Å². The first kappa shape index (κ1) is 14.4. The van der Waals surface area contributed by atoms with E-state index in [-0.39, 0.29) is 6.42 Å². The zero-order valence-corrected chi connectivity index (χ0v) is 10.3. The lowest BCUT2D eigenvalue weighted by atomic mass is 9.82. The van der Waals surface area contributed by atoms with Crippen LogP contribution in [0.15, 0.2) is 30.3 Å². The van der Waals surface area contributed by atoms with E-state index in [1.54, 1.807) is 30.3 Å². The number of benzene rings is 1. The number of rotatable bonds is 3. The van der Waals surface area contributed by atoms with Crippen LogP contribution in [-0.4, -0.2) is 62.3 Å². The topological polar surface area (TPSA) is 110 Å². The van der Waals surface area contributed by atoms with Crippen molar-refractivity contribution in [1.82, 2.24) is 0 Å². The molecule has 6 heteroatoms. The molecule has 0 aromatic heterocycles. The molecule has 0 saturated carbocycles. The summed E-state index contributed by atoms with van der Waals surface area (Å²) in [6, 6.07) is 8.76. The Morgan fingerprint density at radius 2 is 1.74 bits per heavy atom.